The summed E-state index contributed by atoms with van der Waals surface area (Å²) in [5, 5.41) is 9.44. The van der Waals surface area contributed by atoms with Gasteiger partial charge in [-0.05, 0) is 20.8 Å². The van der Waals surface area contributed by atoms with Crippen molar-refractivity contribution in [3.8, 4) is 0 Å². The molecule has 0 bridgehead atoms. The molecule has 0 spiro atoms. The lowest BCUT2D eigenvalue weighted by Gasteiger charge is -2.17. The number of carbonyl (C=O) groups is 1. The van der Waals surface area contributed by atoms with Gasteiger partial charge in [-0.15, -0.1) is 0 Å². The SMILES string of the molecule is CCOC(=O)N(O)C(C)C. The molecule has 0 aromatic heterocycles. The average Bonchev–Trinajstić information content (AvgIpc) is 1.87. The van der Waals surface area contributed by atoms with Crippen molar-refractivity contribution in [1.29, 1.82) is 0 Å². The summed E-state index contributed by atoms with van der Waals surface area (Å²) in [5.41, 5.74) is 0. The molecule has 0 unspecified atom stereocenters. The Bertz CT molecular complexity index is 114. The number of ether oxygens (including phenoxy) is 1. The first-order chi connectivity index (χ1) is 4.59. The van der Waals surface area contributed by atoms with Crippen LogP contribution in [0.3, 0.4) is 0 Å². The first kappa shape index (κ1) is 9.23. The summed E-state index contributed by atoms with van der Waals surface area (Å²) in [7, 11) is 0. The molecule has 10 heavy (non-hydrogen) atoms. The van der Waals surface area contributed by atoms with Crippen LogP contribution < -0.4 is 0 Å². The Morgan fingerprint density at radius 3 is 2.50 bits per heavy atom. The molecule has 4 heteroatoms. The lowest BCUT2D eigenvalue weighted by atomic mass is 10.4. The van der Waals surface area contributed by atoms with Gasteiger partial charge in [0.2, 0.25) is 0 Å². The van der Waals surface area contributed by atoms with Crippen molar-refractivity contribution < 1.29 is 14.7 Å². The van der Waals surface area contributed by atoms with Gasteiger partial charge in [0.15, 0.2) is 0 Å². The first-order valence-electron chi connectivity index (χ1n) is 3.24. The van der Waals surface area contributed by atoms with E-state index in [4.69, 9.17) is 5.21 Å². The lowest BCUT2D eigenvalue weighted by molar-refractivity contribution is -0.0946. The van der Waals surface area contributed by atoms with Crippen molar-refractivity contribution in [3.63, 3.8) is 0 Å². The van der Waals surface area contributed by atoms with Gasteiger partial charge in [0.25, 0.3) is 0 Å². The standard InChI is InChI=1S/C6H13NO3/c1-4-10-6(8)7(9)5(2)3/h5,9H,4H2,1-3H3. The summed E-state index contributed by atoms with van der Waals surface area (Å²) >= 11 is 0. The maximum absolute atomic E-state index is 10.6. The highest BCUT2D eigenvalue weighted by Crippen LogP contribution is 1.95. The Morgan fingerprint density at radius 1 is 1.70 bits per heavy atom. The van der Waals surface area contributed by atoms with E-state index in [1.165, 1.54) is 0 Å². The zero-order valence-corrected chi connectivity index (χ0v) is 6.50. The van der Waals surface area contributed by atoms with Crippen LogP contribution in [0.4, 0.5) is 4.79 Å². The van der Waals surface area contributed by atoms with Gasteiger partial charge in [-0.25, -0.2) is 4.79 Å². The summed E-state index contributed by atoms with van der Waals surface area (Å²) < 4.78 is 4.50. The van der Waals surface area contributed by atoms with Crippen LogP contribution in [0.1, 0.15) is 20.8 Å². The maximum atomic E-state index is 10.6. The van der Waals surface area contributed by atoms with Crippen LogP contribution in [0.25, 0.3) is 0 Å². The third-order valence-electron chi connectivity index (χ3n) is 0.944. The van der Waals surface area contributed by atoms with E-state index in [1.807, 2.05) is 0 Å². The van der Waals surface area contributed by atoms with Crippen LogP contribution in [-0.2, 0) is 4.74 Å². The molecule has 0 fully saturated rings. The molecule has 1 N–H and O–H groups in total. The van der Waals surface area contributed by atoms with E-state index in [0.29, 0.717) is 5.06 Å². The van der Waals surface area contributed by atoms with E-state index < -0.39 is 6.09 Å². The molecular formula is C6H13NO3. The number of hydrogen-bond donors (Lipinski definition) is 1. The van der Waals surface area contributed by atoms with Crippen molar-refractivity contribution in [1.82, 2.24) is 5.06 Å². The summed E-state index contributed by atoms with van der Waals surface area (Å²) in [6.45, 7) is 5.35. The average molecular weight is 147 g/mol. The van der Waals surface area contributed by atoms with Crippen LogP contribution in [0.5, 0.6) is 0 Å². The predicted molar refractivity (Wildman–Crippen MR) is 35.8 cm³/mol. The number of hydroxylamine groups is 2. The van der Waals surface area contributed by atoms with Crippen LogP contribution in [0.15, 0.2) is 0 Å². The highest BCUT2D eigenvalue weighted by atomic mass is 16.6. The van der Waals surface area contributed by atoms with Gasteiger partial charge in [0.1, 0.15) is 0 Å². The Morgan fingerprint density at radius 2 is 2.20 bits per heavy atom. The molecule has 0 atom stereocenters. The van der Waals surface area contributed by atoms with Gasteiger partial charge < -0.3 is 4.74 Å². The Kier molecular flexibility index (Phi) is 3.79. The fourth-order valence-electron chi connectivity index (χ4n) is 0.400. The van der Waals surface area contributed by atoms with Gasteiger partial charge in [-0.2, -0.15) is 5.06 Å². The molecule has 0 aliphatic carbocycles. The number of hydrogen-bond acceptors (Lipinski definition) is 3. The fraction of sp³-hybridized carbons (Fsp3) is 0.833. The van der Waals surface area contributed by atoms with Crippen LogP contribution in [-0.4, -0.2) is 29.0 Å². The zero-order valence-electron chi connectivity index (χ0n) is 6.50. The molecule has 0 rings (SSSR count). The van der Waals surface area contributed by atoms with E-state index in [-0.39, 0.29) is 12.6 Å². The van der Waals surface area contributed by atoms with Gasteiger partial charge in [-0.1, -0.05) is 0 Å². The molecule has 1 amide bonds. The lowest BCUT2D eigenvalue weighted by Crippen LogP contribution is -2.34. The van der Waals surface area contributed by atoms with E-state index in [0.717, 1.165) is 0 Å². The normalized spacial score (nSPS) is 9.70. The second-order valence-electron chi connectivity index (χ2n) is 2.14. The summed E-state index contributed by atoms with van der Waals surface area (Å²) in [4.78, 5) is 10.6. The van der Waals surface area contributed by atoms with Crippen LogP contribution in [0, 0.1) is 0 Å². The second kappa shape index (κ2) is 4.11. The molecule has 0 aliphatic rings. The summed E-state index contributed by atoms with van der Waals surface area (Å²) in [6.07, 6.45) is -0.697. The Balaban J connectivity index is 3.71. The van der Waals surface area contributed by atoms with Crippen molar-refractivity contribution in [3.05, 3.63) is 0 Å². The molecule has 60 valence electrons. The van der Waals surface area contributed by atoms with Crippen molar-refractivity contribution in [2.75, 3.05) is 6.61 Å². The number of amides is 1. The third-order valence-corrected chi connectivity index (χ3v) is 0.944. The molecule has 0 saturated heterocycles. The Labute approximate surface area is 60.3 Å². The van der Waals surface area contributed by atoms with Crippen molar-refractivity contribution >= 4 is 6.09 Å². The second-order valence-corrected chi connectivity index (χ2v) is 2.14. The first-order valence-corrected chi connectivity index (χ1v) is 3.24. The summed E-state index contributed by atoms with van der Waals surface area (Å²) in [5.74, 6) is 0. The van der Waals surface area contributed by atoms with E-state index >= 15 is 0 Å². The van der Waals surface area contributed by atoms with Crippen LogP contribution in [0.2, 0.25) is 0 Å². The van der Waals surface area contributed by atoms with Crippen LogP contribution >= 0.6 is 0 Å². The van der Waals surface area contributed by atoms with E-state index in [2.05, 4.69) is 4.74 Å². The number of rotatable bonds is 2. The quantitative estimate of drug-likeness (QED) is 0.472. The molecular weight excluding hydrogens is 134 g/mol. The van der Waals surface area contributed by atoms with Crippen molar-refractivity contribution in [2.45, 2.75) is 26.8 Å². The van der Waals surface area contributed by atoms with Gasteiger partial charge in [0, 0.05) is 0 Å². The van der Waals surface area contributed by atoms with Gasteiger partial charge in [-0.3, -0.25) is 5.21 Å². The monoisotopic (exact) mass is 147 g/mol. The molecule has 0 aromatic rings. The van der Waals surface area contributed by atoms with E-state index in [9.17, 15) is 4.79 Å². The minimum Gasteiger partial charge on any atom is -0.448 e. The van der Waals surface area contributed by atoms with Crippen molar-refractivity contribution in [2.24, 2.45) is 0 Å². The Hall–Kier alpha value is -0.770. The van der Waals surface area contributed by atoms with Gasteiger partial charge >= 0.3 is 6.09 Å². The van der Waals surface area contributed by atoms with Gasteiger partial charge in [0.05, 0.1) is 12.6 Å². The third kappa shape index (κ3) is 2.68. The number of carbonyl (C=O) groups excluding carboxylic acids is 1. The summed E-state index contributed by atoms with van der Waals surface area (Å²) in [6, 6.07) is -0.237. The molecule has 0 radical (unpaired) electrons. The number of nitrogens with zero attached hydrogens (tertiary/aromatic N) is 1. The van der Waals surface area contributed by atoms with E-state index in [1.54, 1.807) is 20.8 Å². The molecule has 4 nitrogen and oxygen atoms in total. The highest BCUT2D eigenvalue weighted by molar-refractivity contribution is 5.66. The highest BCUT2D eigenvalue weighted by Gasteiger charge is 2.13. The largest absolute Gasteiger partial charge is 0.448 e. The fourth-order valence-corrected chi connectivity index (χ4v) is 0.400. The molecule has 0 aliphatic heterocycles. The zero-order chi connectivity index (χ0) is 8.15. The smallest absolute Gasteiger partial charge is 0.433 e. The topological polar surface area (TPSA) is 49.8 Å². The maximum Gasteiger partial charge on any atom is 0.433 e. The predicted octanol–water partition coefficient (Wildman–Crippen LogP) is 1.24. The molecule has 0 aromatic carbocycles. The molecule has 0 saturated carbocycles. The minimum atomic E-state index is -0.697. The molecule has 0 heterocycles. The minimum absolute atomic E-state index is 0.237.